The molecule has 0 aliphatic rings. The van der Waals surface area contributed by atoms with Gasteiger partial charge in [-0.15, -0.1) is 0 Å². The third-order valence-electron chi connectivity index (χ3n) is 4.87. The van der Waals surface area contributed by atoms with Crippen LogP contribution in [-0.4, -0.2) is 22.5 Å². The summed E-state index contributed by atoms with van der Waals surface area (Å²) in [5.41, 5.74) is 4.84. The number of nitrogens with zero attached hydrogens (tertiary/aromatic N) is 2. The second kappa shape index (κ2) is 8.66. The van der Waals surface area contributed by atoms with Crippen LogP contribution >= 0.6 is 0 Å². The predicted molar refractivity (Wildman–Crippen MR) is 115 cm³/mol. The van der Waals surface area contributed by atoms with E-state index < -0.39 is 18.0 Å². The van der Waals surface area contributed by atoms with Gasteiger partial charge in [-0.25, -0.2) is 4.79 Å². The minimum absolute atomic E-state index is 0.339. The lowest BCUT2D eigenvalue weighted by atomic mass is 10.2. The summed E-state index contributed by atoms with van der Waals surface area (Å²) in [6.07, 6.45) is -1.02. The molecular formula is C24H23N3O3. The maximum Gasteiger partial charge on any atom is 0.340 e. The Hall–Kier alpha value is -3.85. The summed E-state index contributed by atoms with van der Waals surface area (Å²) in [5.74, 6) is -1.07. The molecule has 0 bridgehead atoms. The summed E-state index contributed by atoms with van der Waals surface area (Å²) in [4.78, 5) is 25.2. The molecule has 1 heterocycles. The van der Waals surface area contributed by atoms with Crippen molar-refractivity contribution in [3.8, 4) is 11.8 Å². The van der Waals surface area contributed by atoms with Gasteiger partial charge in [0.05, 0.1) is 16.8 Å². The maximum absolute atomic E-state index is 12.8. The molecule has 0 radical (unpaired) electrons. The number of esters is 1. The normalized spacial score (nSPS) is 11.4. The minimum atomic E-state index is -1.02. The van der Waals surface area contributed by atoms with Crippen molar-refractivity contribution in [2.24, 2.45) is 0 Å². The molecule has 6 nitrogen and oxygen atoms in total. The Morgan fingerprint density at radius 1 is 1.07 bits per heavy atom. The van der Waals surface area contributed by atoms with E-state index in [1.54, 1.807) is 30.3 Å². The molecule has 0 saturated heterocycles. The van der Waals surface area contributed by atoms with Gasteiger partial charge in [-0.1, -0.05) is 24.3 Å². The van der Waals surface area contributed by atoms with Gasteiger partial charge in [0.15, 0.2) is 6.10 Å². The molecule has 152 valence electrons. The van der Waals surface area contributed by atoms with Gasteiger partial charge in [-0.3, -0.25) is 4.79 Å². The Labute approximate surface area is 175 Å². The third-order valence-corrected chi connectivity index (χ3v) is 4.87. The maximum atomic E-state index is 12.8. The van der Waals surface area contributed by atoms with E-state index in [1.165, 1.54) is 6.92 Å². The first-order chi connectivity index (χ1) is 14.3. The van der Waals surface area contributed by atoms with Gasteiger partial charge in [-0.05, 0) is 63.6 Å². The van der Waals surface area contributed by atoms with E-state index in [-0.39, 0.29) is 0 Å². The molecule has 1 amide bonds. The molecule has 0 aliphatic carbocycles. The number of aromatic nitrogens is 1. The fourth-order valence-electron chi connectivity index (χ4n) is 3.34. The fourth-order valence-corrected chi connectivity index (χ4v) is 3.34. The van der Waals surface area contributed by atoms with Gasteiger partial charge in [-0.2, -0.15) is 5.26 Å². The molecule has 3 aromatic rings. The summed E-state index contributed by atoms with van der Waals surface area (Å²) in [6.45, 7) is 7.28. The highest BCUT2D eigenvalue weighted by atomic mass is 16.5. The number of nitriles is 1. The number of anilines is 1. The zero-order valence-electron chi connectivity index (χ0n) is 17.4. The van der Waals surface area contributed by atoms with Crippen molar-refractivity contribution in [2.75, 3.05) is 5.32 Å². The van der Waals surface area contributed by atoms with E-state index in [0.29, 0.717) is 16.8 Å². The van der Waals surface area contributed by atoms with Gasteiger partial charge in [0.1, 0.15) is 6.07 Å². The van der Waals surface area contributed by atoms with Crippen molar-refractivity contribution in [3.63, 3.8) is 0 Å². The molecule has 2 aromatic carbocycles. The topological polar surface area (TPSA) is 84.1 Å². The van der Waals surface area contributed by atoms with Crippen molar-refractivity contribution in [1.29, 1.82) is 5.26 Å². The Bertz CT molecular complexity index is 1150. The molecule has 0 saturated carbocycles. The van der Waals surface area contributed by atoms with E-state index in [4.69, 9.17) is 10.00 Å². The fraction of sp³-hybridized carbons (Fsp3) is 0.208. The summed E-state index contributed by atoms with van der Waals surface area (Å²) in [7, 11) is 0. The number of rotatable bonds is 5. The number of ether oxygens (including phenoxy) is 1. The van der Waals surface area contributed by atoms with Gasteiger partial charge in [0.25, 0.3) is 5.91 Å². The predicted octanol–water partition coefficient (Wildman–Crippen LogP) is 4.46. The number of carbonyl (C=O) groups excluding carboxylic acids is 2. The molecule has 0 spiro atoms. The Balaban J connectivity index is 1.77. The molecular weight excluding hydrogens is 378 g/mol. The van der Waals surface area contributed by atoms with Crippen LogP contribution in [0.25, 0.3) is 5.69 Å². The van der Waals surface area contributed by atoms with Crippen molar-refractivity contribution in [2.45, 2.75) is 33.8 Å². The van der Waals surface area contributed by atoms with Gasteiger partial charge in [0, 0.05) is 17.1 Å². The number of amides is 1. The van der Waals surface area contributed by atoms with E-state index >= 15 is 0 Å². The van der Waals surface area contributed by atoms with Crippen LogP contribution in [0.3, 0.4) is 0 Å². The van der Waals surface area contributed by atoms with Crippen LogP contribution < -0.4 is 5.32 Å². The van der Waals surface area contributed by atoms with Crippen molar-refractivity contribution >= 4 is 17.6 Å². The molecule has 30 heavy (non-hydrogen) atoms. The lowest BCUT2D eigenvalue weighted by Gasteiger charge is -2.14. The number of para-hydroxylation sites is 1. The van der Waals surface area contributed by atoms with Crippen LogP contribution in [-0.2, 0) is 9.53 Å². The molecule has 6 heteroatoms. The summed E-state index contributed by atoms with van der Waals surface area (Å²) in [5, 5.41) is 11.8. The number of carbonyl (C=O) groups is 2. The average molecular weight is 401 g/mol. The van der Waals surface area contributed by atoms with Crippen molar-refractivity contribution in [3.05, 3.63) is 82.7 Å². The van der Waals surface area contributed by atoms with Crippen molar-refractivity contribution < 1.29 is 14.3 Å². The average Bonchev–Trinajstić information content (AvgIpc) is 3.02. The second-order valence-electron chi connectivity index (χ2n) is 7.15. The quantitative estimate of drug-likeness (QED) is 0.640. The monoisotopic (exact) mass is 401 g/mol. The zero-order valence-corrected chi connectivity index (χ0v) is 17.4. The van der Waals surface area contributed by atoms with Crippen LogP contribution in [0.4, 0.5) is 5.69 Å². The van der Waals surface area contributed by atoms with Crippen LogP contribution in [0, 0.1) is 32.1 Å². The molecule has 1 atom stereocenters. The Morgan fingerprint density at radius 3 is 2.50 bits per heavy atom. The molecule has 1 unspecified atom stereocenters. The largest absolute Gasteiger partial charge is 0.449 e. The molecule has 0 fully saturated rings. The highest BCUT2D eigenvalue weighted by molar-refractivity contribution is 5.98. The van der Waals surface area contributed by atoms with Crippen LogP contribution in [0.5, 0.6) is 0 Å². The summed E-state index contributed by atoms with van der Waals surface area (Å²) in [6, 6.07) is 18.4. The summed E-state index contributed by atoms with van der Waals surface area (Å²) >= 11 is 0. The zero-order chi connectivity index (χ0) is 21.8. The number of aryl methyl sites for hydroxylation is 2. The standard InChI is InChI=1S/C24H23N3O3/c1-15-8-7-10-20(12-15)27-16(2)13-21(17(27)3)24(29)30-18(4)23(28)26-22-11-6-5-9-19(22)14-25/h5-13,18H,1-4H3,(H,26,28). The minimum Gasteiger partial charge on any atom is -0.449 e. The first kappa shape index (κ1) is 20.9. The SMILES string of the molecule is Cc1cccc(-n2c(C)cc(C(=O)OC(C)C(=O)Nc3ccccc3C#N)c2C)c1. The molecule has 3 rings (SSSR count). The molecule has 1 aromatic heterocycles. The van der Waals surface area contributed by atoms with Gasteiger partial charge < -0.3 is 14.6 Å². The lowest BCUT2D eigenvalue weighted by Crippen LogP contribution is -2.30. The van der Waals surface area contributed by atoms with Crippen LogP contribution in [0.2, 0.25) is 0 Å². The Kier molecular flexibility index (Phi) is 6.03. The number of hydrogen-bond acceptors (Lipinski definition) is 4. The van der Waals surface area contributed by atoms with E-state index in [1.807, 2.05) is 55.7 Å². The Morgan fingerprint density at radius 2 is 1.80 bits per heavy atom. The highest BCUT2D eigenvalue weighted by Gasteiger charge is 2.23. The van der Waals surface area contributed by atoms with E-state index in [9.17, 15) is 9.59 Å². The van der Waals surface area contributed by atoms with Crippen LogP contribution in [0.1, 0.15) is 39.8 Å². The second-order valence-corrected chi connectivity index (χ2v) is 7.15. The molecule has 1 N–H and O–H groups in total. The van der Waals surface area contributed by atoms with Crippen molar-refractivity contribution in [1.82, 2.24) is 4.57 Å². The highest BCUT2D eigenvalue weighted by Crippen LogP contribution is 2.23. The van der Waals surface area contributed by atoms with Gasteiger partial charge in [0.2, 0.25) is 0 Å². The van der Waals surface area contributed by atoms with Gasteiger partial charge >= 0.3 is 5.97 Å². The number of nitrogens with one attached hydrogen (secondary N) is 1. The summed E-state index contributed by atoms with van der Waals surface area (Å²) < 4.78 is 7.39. The number of hydrogen-bond donors (Lipinski definition) is 1. The smallest absolute Gasteiger partial charge is 0.340 e. The van der Waals surface area contributed by atoms with Crippen LogP contribution in [0.15, 0.2) is 54.6 Å². The first-order valence-corrected chi connectivity index (χ1v) is 9.58. The van der Waals surface area contributed by atoms with E-state index in [2.05, 4.69) is 5.32 Å². The van der Waals surface area contributed by atoms with E-state index in [0.717, 1.165) is 22.6 Å². The first-order valence-electron chi connectivity index (χ1n) is 9.58. The third kappa shape index (κ3) is 4.26. The number of benzene rings is 2. The lowest BCUT2D eigenvalue weighted by molar-refractivity contribution is -0.123. The molecule has 0 aliphatic heterocycles.